The number of thioether (sulfide) groups is 1. The fourth-order valence-electron chi connectivity index (χ4n) is 2.30. The van der Waals surface area contributed by atoms with Gasteiger partial charge in [-0.2, -0.15) is 0 Å². The third-order valence-corrected chi connectivity index (χ3v) is 4.88. The van der Waals surface area contributed by atoms with E-state index in [2.05, 4.69) is 62.5 Å². The Hall–Kier alpha value is -2.01. The van der Waals surface area contributed by atoms with Gasteiger partial charge in [-0.1, -0.05) is 82.0 Å². The van der Waals surface area contributed by atoms with Crippen LogP contribution in [0.4, 0.5) is 0 Å². The number of rotatable bonds is 4. The molecule has 0 aliphatic carbocycles. The van der Waals surface area contributed by atoms with Crippen LogP contribution in [0.3, 0.4) is 0 Å². The van der Waals surface area contributed by atoms with Crippen LogP contribution in [0.5, 0.6) is 0 Å². The average molecular weight is 376 g/mol. The first kappa shape index (κ1) is 22.0. The monoisotopic (exact) mass is 375 g/mol. The fourth-order valence-corrected chi connectivity index (χ4v) is 3.42. The second-order valence-electron chi connectivity index (χ2n) is 7.04. The largest absolute Gasteiger partial charge is 0.481 e. The molecule has 5 heteroatoms. The second-order valence-corrected chi connectivity index (χ2v) is 8.29. The smallest absolute Gasteiger partial charge is 0.305 e. The Morgan fingerprint density at radius 1 is 1.27 bits per heavy atom. The van der Waals surface area contributed by atoms with E-state index >= 15 is 0 Å². The topological polar surface area (TPSA) is 66.4 Å². The Kier molecular flexibility index (Phi) is 8.66. The van der Waals surface area contributed by atoms with Crippen LogP contribution in [0, 0.1) is 0 Å². The zero-order valence-corrected chi connectivity index (χ0v) is 17.0. The standard InChI is InChI=1S/C13H18.C8H11NO3S/c1-5-6-11-7-9-12(10-8-11)13(2,3)4;1-2-3-6-9-8(12)5(13-6)4-7(10)11/h5-10H,1-4H3;3,5H,2,4H2,1H3,(H,9,12)(H,10,11)/b6-5+;6-3-. The summed E-state index contributed by atoms with van der Waals surface area (Å²) >= 11 is 1.29. The first-order valence-electron chi connectivity index (χ1n) is 8.80. The van der Waals surface area contributed by atoms with Gasteiger partial charge < -0.3 is 10.4 Å². The first-order chi connectivity index (χ1) is 12.2. The Bertz CT molecular complexity index is 669. The summed E-state index contributed by atoms with van der Waals surface area (Å²) in [5.74, 6) is -1.14. The van der Waals surface area contributed by atoms with Crippen molar-refractivity contribution in [3.8, 4) is 0 Å². The molecule has 1 aromatic carbocycles. The number of nitrogens with one attached hydrogen (secondary N) is 1. The number of benzene rings is 1. The number of aliphatic carboxylic acids is 1. The third-order valence-electron chi connectivity index (χ3n) is 3.69. The molecular weight excluding hydrogens is 346 g/mol. The molecule has 1 fully saturated rings. The lowest BCUT2D eigenvalue weighted by atomic mass is 9.87. The van der Waals surface area contributed by atoms with Gasteiger partial charge in [0.15, 0.2) is 0 Å². The van der Waals surface area contributed by atoms with Crippen molar-refractivity contribution in [1.82, 2.24) is 5.32 Å². The SMILES string of the molecule is C/C=C/c1ccc(C(C)(C)C)cc1.CC/C=C1/NC(=O)C(CC(=O)O)S1. The normalized spacial score (nSPS) is 18.6. The highest BCUT2D eigenvalue weighted by atomic mass is 32.2. The van der Waals surface area contributed by atoms with E-state index in [1.54, 1.807) is 0 Å². The minimum Gasteiger partial charge on any atom is -0.481 e. The van der Waals surface area contributed by atoms with E-state index in [4.69, 9.17) is 5.11 Å². The van der Waals surface area contributed by atoms with E-state index in [1.165, 1.54) is 22.9 Å². The van der Waals surface area contributed by atoms with Crippen LogP contribution in [-0.2, 0) is 15.0 Å². The Morgan fingerprint density at radius 3 is 2.35 bits per heavy atom. The van der Waals surface area contributed by atoms with Crippen LogP contribution < -0.4 is 5.32 Å². The molecule has 2 rings (SSSR count). The predicted molar refractivity (Wildman–Crippen MR) is 110 cm³/mol. The van der Waals surface area contributed by atoms with Crippen molar-refractivity contribution in [3.05, 3.63) is 52.6 Å². The molecule has 0 radical (unpaired) electrons. The minimum atomic E-state index is -0.939. The maximum absolute atomic E-state index is 11.2. The molecule has 0 spiro atoms. The number of carboxylic acid groups (broad SMARTS) is 1. The number of amides is 1. The van der Waals surface area contributed by atoms with Crippen LogP contribution in [0.25, 0.3) is 6.08 Å². The maximum Gasteiger partial charge on any atom is 0.305 e. The zero-order chi connectivity index (χ0) is 19.7. The fraction of sp³-hybridized carbons (Fsp3) is 0.429. The molecule has 4 nitrogen and oxygen atoms in total. The van der Waals surface area contributed by atoms with Gasteiger partial charge in [-0.15, -0.1) is 0 Å². The summed E-state index contributed by atoms with van der Waals surface area (Å²) in [5.41, 5.74) is 2.92. The van der Waals surface area contributed by atoms with Gasteiger partial charge in [-0.25, -0.2) is 0 Å². The van der Waals surface area contributed by atoms with Crippen LogP contribution in [0.2, 0.25) is 0 Å². The number of hydrogen-bond donors (Lipinski definition) is 2. The van der Waals surface area contributed by atoms with Crippen LogP contribution in [0.1, 0.15) is 58.6 Å². The average Bonchev–Trinajstić information content (AvgIpc) is 2.87. The number of carboxylic acids is 1. The van der Waals surface area contributed by atoms with Crippen molar-refractivity contribution in [3.63, 3.8) is 0 Å². The number of allylic oxidation sites excluding steroid dienone is 2. The van der Waals surface area contributed by atoms with Crippen molar-refractivity contribution in [2.45, 2.75) is 58.1 Å². The summed E-state index contributed by atoms with van der Waals surface area (Å²) in [5, 5.41) is 11.4. The molecule has 0 bridgehead atoms. The molecule has 26 heavy (non-hydrogen) atoms. The molecule has 1 saturated heterocycles. The number of carbonyl (C=O) groups excluding carboxylic acids is 1. The molecule has 0 saturated carbocycles. The quantitative estimate of drug-likeness (QED) is 0.780. The third kappa shape index (κ3) is 7.48. The lowest BCUT2D eigenvalue weighted by Crippen LogP contribution is -2.24. The van der Waals surface area contributed by atoms with E-state index in [-0.39, 0.29) is 17.7 Å². The molecule has 0 aromatic heterocycles. The van der Waals surface area contributed by atoms with Gasteiger partial charge in [0, 0.05) is 0 Å². The number of carbonyl (C=O) groups is 2. The summed E-state index contributed by atoms with van der Waals surface area (Å²) in [4.78, 5) is 21.5. The van der Waals surface area contributed by atoms with Crippen molar-refractivity contribution in [2.24, 2.45) is 0 Å². The lowest BCUT2D eigenvalue weighted by molar-refractivity contribution is -0.138. The predicted octanol–water partition coefficient (Wildman–Crippen LogP) is 4.96. The number of hydrogen-bond acceptors (Lipinski definition) is 3. The van der Waals surface area contributed by atoms with E-state index in [1.807, 2.05) is 19.9 Å². The highest BCUT2D eigenvalue weighted by Gasteiger charge is 2.30. The van der Waals surface area contributed by atoms with Crippen molar-refractivity contribution in [2.75, 3.05) is 0 Å². The molecule has 1 aliphatic rings. The second kappa shape index (κ2) is 10.2. The Morgan fingerprint density at radius 2 is 1.88 bits per heavy atom. The van der Waals surface area contributed by atoms with E-state index < -0.39 is 11.2 Å². The summed E-state index contributed by atoms with van der Waals surface area (Å²) < 4.78 is 0. The van der Waals surface area contributed by atoms with Crippen LogP contribution in [-0.4, -0.2) is 22.2 Å². The van der Waals surface area contributed by atoms with Gasteiger partial charge in [0.25, 0.3) is 0 Å². The highest BCUT2D eigenvalue weighted by Crippen LogP contribution is 2.29. The van der Waals surface area contributed by atoms with Gasteiger partial charge >= 0.3 is 5.97 Å². The van der Waals surface area contributed by atoms with E-state index in [0.29, 0.717) is 0 Å². The van der Waals surface area contributed by atoms with Gasteiger partial charge in [0.2, 0.25) is 5.91 Å². The lowest BCUT2D eigenvalue weighted by Gasteiger charge is -2.18. The van der Waals surface area contributed by atoms with Crippen LogP contribution >= 0.6 is 11.8 Å². The van der Waals surface area contributed by atoms with Crippen molar-refractivity contribution >= 4 is 29.7 Å². The Balaban J connectivity index is 0.000000260. The maximum atomic E-state index is 11.2. The highest BCUT2D eigenvalue weighted by molar-refractivity contribution is 8.04. The molecule has 1 aromatic rings. The van der Waals surface area contributed by atoms with Gasteiger partial charge in [-0.05, 0) is 29.9 Å². The first-order valence-corrected chi connectivity index (χ1v) is 9.68. The molecule has 1 aliphatic heterocycles. The molecular formula is C21H29NO3S. The van der Waals surface area contributed by atoms with E-state index in [9.17, 15) is 9.59 Å². The molecule has 1 amide bonds. The summed E-state index contributed by atoms with van der Waals surface area (Å²) in [6, 6.07) is 8.74. The van der Waals surface area contributed by atoms with Gasteiger partial charge in [-0.3, -0.25) is 9.59 Å². The molecule has 2 N–H and O–H groups in total. The molecule has 1 unspecified atom stereocenters. The van der Waals surface area contributed by atoms with Crippen LogP contribution in [0.15, 0.2) is 41.4 Å². The molecule has 142 valence electrons. The van der Waals surface area contributed by atoms with Gasteiger partial charge in [0.1, 0.15) is 5.25 Å². The summed E-state index contributed by atoms with van der Waals surface area (Å²) in [6.07, 6.45) is 6.78. The zero-order valence-electron chi connectivity index (χ0n) is 16.2. The van der Waals surface area contributed by atoms with Crippen molar-refractivity contribution < 1.29 is 14.7 Å². The van der Waals surface area contributed by atoms with Crippen molar-refractivity contribution in [1.29, 1.82) is 0 Å². The molecule has 1 atom stereocenters. The summed E-state index contributed by atoms with van der Waals surface area (Å²) in [7, 11) is 0. The van der Waals surface area contributed by atoms with E-state index in [0.717, 1.165) is 11.4 Å². The minimum absolute atomic E-state index is 0.114. The molecule has 1 heterocycles. The summed E-state index contributed by atoms with van der Waals surface area (Å²) in [6.45, 7) is 10.7. The van der Waals surface area contributed by atoms with Gasteiger partial charge in [0.05, 0.1) is 11.4 Å². The Labute approximate surface area is 160 Å².